The van der Waals surface area contributed by atoms with Crippen molar-refractivity contribution >= 4 is 27.7 Å². The van der Waals surface area contributed by atoms with Gasteiger partial charge in [0.25, 0.3) is 5.91 Å². The largest absolute Gasteiger partial charge is 0.278 e. The van der Waals surface area contributed by atoms with Crippen molar-refractivity contribution in [2.75, 3.05) is 6.54 Å². The van der Waals surface area contributed by atoms with Crippen LogP contribution in [0.15, 0.2) is 59.1 Å². The predicted molar refractivity (Wildman–Crippen MR) is 84.0 cm³/mol. The summed E-state index contributed by atoms with van der Waals surface area (Å²) in [4.78, 5) is 26.1. The quantitative estimate of drug-likeness (QED) is 0.781. The summed E-state index contributed by atoms with van der Waals surface area (Å²) in [5.41, 5.74) is 1.63. The van der Waals surface area contributed by atoms with Crippen molar-refractivity contribution in [2.24, 2.45) is 0 Å². The molecule has 1 saturated heterocycles. The molecule has 0 radical (unpaired) electrons. The van der Waals surface area contributed by atoms with E-state index in [-0.39, 0.29) is 17.7 Å². The number of halogens is 1. The number of amides is 2. The lowest BCUT2D eigenvalue weighted by molar-refractivity contribution is -0.125. The molecule has 1 heterocycles. The zero-order valence-corrected chi connectivity index (χ0v) is 12.9. The number of likely N-dealkylation sites (tertiary alicyclic amines) is 1. The molecule has 1 fully saturated rings. The highest BCUT2D eigenvalue weighted by Gasteiger charge is 2.35. The molecule has 106 valence electrons. The molecule has 0 aliphatic carbocycles. The first-order valence-corrected chi connectivity index (χ1v) is 7.60. The predicted octanol–water partition coefficient (Wildman–Crippen LogP) is 3.61. The van der Waals surface area contributed by atoms with Crippen molar-refractivity contribution in [1.82, 2.24) is 4.90 Å². The second-order valence-corrected chi connectivity index (χ2v) is 5.96. The number of nitrogens with zero attached hydrogens (tertiary/aromatic N) is 1. The number of imide groups is 1. The minimum atomic E-state index is -0.231. The molecule has 21 heavy (non-hydrogen) atoms. The second-order valence-electron chi connectivity index (χ2n) is 5.10. The summed E-state index contributed by atoms with van der Waals surface area (Å²) in [6.45, 7) is 0.447. The van der Waals surface area contributed by atoms with Crippen LogP contribution in [0.25, 0.3) is 0 Å². The van der Waals surface area contributed by atoms with Crippen molar-refractivity contribution in [3.8, 4) is 0 Å². The molecule has 2 amide bonds. The van der Waals surface area contributed by atoms with E-state index in [9.17, 15) is 9.59 Å². The van der Waals surface area contributed by atoms with Gasteiger partial charge in [-0.3, -0.25) is 14.5 Å². The van der Waals surface area contributed by atoms with Crippen LogP contribution >= 0.6 is 15.9 Å². The van der Waals surface area contributed by atoms with Gasteiger partial charge < -0.3 is 0 Å². The molecule has 0 spiro atoms. The van der Waals surface area contributed by atoms with Gasteiger partial charge in [0, 0.05) is 23.4 Å². The third-order valence-electron chi connectivity index (χ3n) is 3.75. The Balaban J connectivity index is 1.83. The molecule has 0 aromatic heterocycles. The van der Waals surface area contributed by atoms with E-state index in [1.54, 1.807) is 12.1 Å². The third-order valence-corrected chi connectivity index (χ3v) is 4.44. The summed E-state index contributed by atoms with van der Waals surface area (Å²) >= 11 is 3.37. The van der Waals surface area contributed by atoms with Crippen LogP contribution in [0.2, 0.25) is 0 Å². The Morgan fingerprint density at radius 1 is 1.05 bits per heavy atom. The maximum Gasteiger partial charge on any atom is 0.261 e. The number of carbonyl (C=O) groups is 2. The van der Waals surface area contributed by atoms with Crippen LogP contribution < -0.4 is 0 Å². The van der Waals surface area contributed by atoms with Gasteiger partial charge in [0.2, 0.25) is 5.91 Å². The molecule has 0 N–H and O–H groups in total. The van der Waals surface area contributed by atoms with Gasteiger partial charge in [0.1, 0.15) is 0 Å². The number of hydrogen-bond donors (Lipinski definition) is 0. The highest BCUT2D eigenvalue weighted by molar-refractivity contribution is 9.10. The molecule has 2 aromatic rings. The van der Waals surface area contributed by atoms with Crippen LogP contribution in [0, 0.1) is 0 Å². The van der Waals surface area contributed by atoms with Gasteiger partial charge >= 0.3 is 0 Å². The Morgan fingerprint density at radius 2 is 1.71 bits per heavy atom. The fourth-order valence-electron chi connectivity index (χ4n) is 2.63. The van der Waals surface area contributed by atoms with E-state index in [2.05, 4.69) is 15.9 Å². The first-order valence-electron chi connectivity index (χ1n) is 6.81. The second kappa shape index (κ2) is 5.82. The SMILES string of the molecule is O=C1C[C@@H](c2ccccc2)CN1C(=O)c1ccccc1Br. The highest BCUT2D eigenvalue weighted by Crippen LogP contribution is 2.30. The van der Waals surface area contributed by atoms with Gasteiger partial charge in [-0.05, 0) is 33.6 Å². The van der Waals surface area contributed by atoms with Crippen molar-refractivity contribution in [3.63, 3.8) is 0 Å². The van der Waals surface area contributed by atoms with Crippen LogP contribution in [0.5, 0.6) is 0 Å². The fourth-order valence-corrected chi connectivity index (χ4v) is 3.09. The van der Waals surface area contributed by atoms with E-state index in [4.69, 9.17) is 0 Å². The first-order chi connectivity index (χ1) is 10.2. The minimum absolute atomic E-state index is 0.0881. The van der Waals surface area contributed by atoms with Gasteiger partial charge in [0.05, 0.1) is 5.56 Å². The zero-order chi connectivity index (χ0) is 14.8. The smallest absolute Gasteiger partial charge is 0.261 e. The lowest BCUT2D eigenvalue weighted by Gasteiger charge is -2.16. The van der Waals surface area contributed by atoms with Gasteiger partial charge in [-0.1, -0.05) is 42.5 Å². The molecule has 4 heteroatoms. The molecule has 3 rings (SSSR count). The average Bonchev–Trinajstić information content (AvgIpc) is 2.90. The van der Waals surface area contributed by atoms with Crippen molar-refractivity contribution in [3.05, 3.63) is 70.2 Å². The zero-order valence-electron chi connectivity index (χ0n) is 11.3. The van der Waals surface area contributed by atoms with Gasteiger partial charge in [-0.2, -0.15) is 0 Å². The Labute approximate surface area is 131 Å². The van der Waals surface area contributed by atoms with Crippen molar-refractivity contribution < 1.29 is 9.59 Å². The van der Waals surface area contributed by atoms with Crippen LogP contribution in [-0.2, 0) is 4.79 Å². The van der Waals surface area contributed by atoms with Crippen LogP contribution in [-0.4, -0.2) is 23.3 Å². The summed E-state index contributed by atoms with van der Waals surface area (Å²) in [5.74, 6) is -0.249. The number of rotatable bonds is 2. The first kappa shape index (κ1) is 14.0. The van der Waals surface area contributed by atoms with E-state index in [0.717, 1.165) is 5.56 Å². The molecule has 0 bridgehead atoms. The summed E-state index contributed by atoms with van der Waals surface area (Å²) in [5, 5.41) is 0. The van der Waals surface area contributed by atoms with Crippen molar-refractivity contribution in [1.29, 1.82) is 0 Å². The number of hydrogen-bond acceptors (Lipinski definition) is 2. The van der Waals surface area contributed by atoms with Crippen LogP contribution in [0.4, 0.5) is 0 Å². The summed E-state index contributed by atoms with van der Waals surface area (Å²) in [6.07, 6.45) is 0.389. The molecule has 1 atom stereocenters. The van der Waals surface area contributed by atoms with Gasteiger partial charge in [-0.15, -0.1) is 0 Å². The van der Waals surface area contributed by atoms with Gasteiger partial charge in [-0.25, -0.2) is 0 Å². The third kappa shape index (κ3) is 2.76. The normalized spacial score (nSPS) is 18.0. The molecule has 2 aromatic carbocycles. The standard InChI is InChI=1S/C17H14BrNO2/c18-15-9-5-4-8-14(15)17(21)19-11-13(10-16(19)20)12-6-2-1-3-7-12/h1-9,13H,10-11H2/t13-/m1/s1. The average molecular weight is 344 g/mol. The topological polar surface area (TPSA) is 37.4 Å². The molecular formula is C17H14BrNO2. The maximum atomic E-state index is 12.5. The minimum Gasteiger partial charge on any atom is -0.278 e. The van der Waals surface area contributed by atoms with E-state index in [1.807, 2.05) is 42.5 Å². The maximum absolute atomic E-state index is 12.5. The number of benzene rings is 2. The Hall–Kier alpha value is -1.94. The summed E-state index contributed by atoms with van der Waals surface area (Å²) in [6, 6.07) is 17.1. The van der Waals surface area contributed by atoms with E-state index < -0.39 is 0 Å². The number of carbonyl (C=O) groups excluding carboxylic acids is 2. The van der Waals surface area contributed by atoms with E-state index in [0.29, 0.717) is 23.0 Å². The molecule has 0 saturated carbocycles. The molecule has 1 aliphatic rings. The van der Waals surface area contributed by atoms with Crippen LogP contribution in [0.3, 0.4) is 0 Å². The highest BCUT2D eigenvalue weighted by atomic mass is 79.9. The van der Waals surface area contributed by atoms with Gasteiger partial charge in [0.15, 0.2) is 0 Å². The van der Waals surface area contributed by atoms with E-state index >= 15 is 0 Å². The lowest BCUT2D eigenvalue weighted by Crippen LogP contribution is -2.32. The fraction of sp³-hybridized carbons (Fsp3) is 0.176. The van der Waals surface area contributed by atoms with Crippen LogP contribution in [0.1, 0.15) is 28.3 Å². The summed E-state index contributed by atoms with van der Waals surface area (Å²) < 4.78 is 0.714. The lowest BCUT2D eigenvalue weighted by atomic mass is 9.98. The molecule has 1 aliphatic heterocycles. The Bertz CT molecular complexity index is 684. The molecule has 0 unspecified atom stereocenters. The summed E-state index contributed by atoms with van der Waals surface area (Å²) in [7, 11) is 0. The Kier molecular flexibility index (Phi) is 3.88. The molecule has 3 nitrogen and oxygen atoms in total. The van der Waals surface area contributed by atoms with E-state index in [1.165, 1.54) is 4.90 Å². The molecular weight excluding hydrogens is 330 g/mol. The Morgan fingerprint density at radius 3 is 2.43 bits per heavy atom. The van der Waals surface area contributed by atoms with Crippen molar-refractivity contribution in [2.45, 2.75) is 12.3 Å². The monoisotopic (exact) mass is 343 g/mol.